The molecule has 0 saturated heterocycles. The highest BCUT2D eigenvalue weighted by molar-refractivity contribution is 5.73. The lowest BCUT2D eigenvalue weighted by Crippen LogP contribution is -2.36. The third-order valence-corrected chi connectivity index (χ3v) is 3.77. The van der Waals surface area contributed by atoms with Crippen molar-refractivity contribution in [2.24, 2.45) is 5.73 Å². The highest BCUT2D eigenvalue weighted by Crippen LogP contribution is 2.33. The fraction of sp³-hybridized carbons (Fsp3) is 0.500. The minimum absolute atomic E-state index is 0.192. The number of nitrogens with zero attached hydrogens (tertiary/aromatic N) is 1. The third-order valence-electron chi connectivity index (χ3n) is 3.77. The molecular weight excluding hydrogens is 300 g/mol. The summed E-state index contributed by atoms with van der Waals surface area (Å²) in [6.45, 7) is 1.23. The van der Waals surface area contributed by atoms with Gasteiger partial charge in [0.25, 0.3) is 0 Å². The number of carbonyl (C=O) groups is 2. The van der Waals surface area contributed by atoms with E-state index in [4.69, 9.17) is 19.9 Å². The molecule has 1 aliphatic heterocycles. The first-order valence-corrected chi connectivity index (χ1v) is 7.49. The zero-order valence-corrected chi connectivity index (χ0v) is 13.5. The maximum absolute atomic E-state index is 12.1. The van der Waals surface area contributed by atoms with Crippen LogP contribution in [0.4, 0.5) is 4.79 Å². The van der Waals surface area contributed by atoms with E-state index in [1.54, 1.807) is 19.1 Å². The summed E-state index contributed by atoms with van der Waals surface area (Å²) in [6.07, 6.45) is 1.00. The molecule has 0 unspecified atom stereocenters. The molecule has 23 heavy (non-hydrogen) atoms. The van der Waals surface area contributed by atoms with E-state index in [0.29, 0.717) is 31.0 Å². The second-order valence-corrected chi connectivity index (χ2v) is 5.33. The van der Waals surface area contributed by atoms with Crippen LogP contribution in [0, 0.1) is 0 Å². The minimum Gasteiger partial charge on any atom is -0.493 e. The Morgan fingerprint density at radius 1 is 1.17 bits per heavy atom. The van der Waals surface area contributed by atoms with E-state index in [9.17, 15) is 9.59 Å². The van der Waals surface area contributed by atoms with Crippen LogP contribution in [-0.2, 0) is 22.5 Å². The predicted octanol–water partition coefficient (Wildman–Crippen LogP) is 1.46. The molecule has 0 atom stereocenters. The van der Waals surface area contributed by atoms with Crippen molar-refractivity contribution < 1.29 is 23.8 Å². The Morgan fingerprint density at radius 3 is 2.43 bits per heavy atom. The first-order chi connectivity index (χ1) is 11.0. The van der Waals surface area contributed by atoms with Gasteiger partial charge in [0.2, 0.25) is 5.91 Å². The molecule has 0 spiro atoms. The van der Waals surface area contributed by atoms with Crippen LogP contribution in [0.1, 0.15) is 24.0 Å². The summed E-state index contributed by atoms with van der Waals surface area (Å²) in [7, 11) is 3.18. The summed E-state index contributed by atoms with van der Waals surface area (Å²) in [5.41, 5.74) is 7.20. The molecule has 2 rings (SSSR count). The Morgan fingerprint density at radius 2 is 1.83 bits per heavy atom. The molecule has 126 valence electrons. The van der Waals surface area contributed by atoms with Gasteiger partial charge < -0.3 is 24.8 Å². The van der Waals surface area contributed by atoms with Crippen LogP contribution in [0.15, 0.2) is 12.1 Å². The van der Waals surface area contributed by atoms with Crippen LogP contribution in [0.5, 0.6) is 11.5 Å². The number of nitrogens with two attached hydrogens (primary N) is 1. The number of hydrogen-bond donors (Lipinski definition) is 1. The van der Waals surface area contributed by atoms with Crippen molar-refractivity contribution in [3.05, 3.63) is 23.3 Å². The second kappa shape index (κ2) is 7.71. The van der Waals surface area contributed by atoms with Gasteiger partial charge in [-0.3, -0.25) is 4.79 Å². The van der Waals surface area contributed by atoms with Crippen molar-refractivity contribution in [1.82, 2.24) is 4.90 Å². The van der Waals surface area contributed by atoms with Crippen molar-refractivity contribution in [2.75, 3.05) is 27.4 Å². The average molecular weight is 322 g/mol. The molecule has 2 amide bonds. The number of rotatable bonds is 6. The fourth-order valence-corrected chi connectivity index (χ4v) is 2.54. The van der Waals surface area contributed by atoms with Crippen LogP contribution in [0.2, 0.25) is 0 Å². The van der Waals surface area contributed by atoms with Crippen molar-refractivity contribution in [2.45, 2.75) is 25.8 Å². The minimum atomic E-state index is -0.394. The molecular formula is C16H22N2O5. The molecule has 1 aromatic rings. The lowest BCUT2D eigenvalue weighted by molar-refractivity contribution is -0.118. The second-order valence-electron chi connectivity index (χ2n) is 5.33. The number of amides is 2. The number of carbonyl (C=O) groups excluding carboxylic acids is 2. The third kappa shape index (κ3) is 4.28. The fourth-order valence-electron chi connectivity index (χ4n) is 2.54. The van der Waals surface area contributed by atoms with E-state index in [1.807, 2.05) is 12.1 Å². The summed E-state index contributed by atoms with van der Waals surface area (Å²) < 4.78 is 15.8. The molecule has 0 aliphatic carbocycles. The van der Waals surface area contributed by atoms with Gasteiger partial charge in [-0.1, -0.05) is 0 Å². The molecule has 0 bridgehead atoms. The van der Waals surface area contributed by atoms with Crippen molar-refractivity contribution in [3.8, 4) is 11.5 Å². The predicted molar refractivity (Wildman–Crippen MR) is 83.4 cm³/mol. The first-order valence-electron chi connectivity index (χ1n) is 7.49. The maximum Gasteiger partial charge on any atom is 0.410 e. The molecule has 1 aromatic carbocycles. The molecule has 0 radical (unpaired) electrons. The van der Waals surface area contributed by atoms with Crippen LogP contribution >= 0.6 is 0 Å². The van der Waals surface area contributed by atoms with E-state index in [-0.39, 0.29) is 19.1 Å². The van der Waals surface area contributed by atoms with Gasteiger partial charge in [0.1, 0.15) is 0 Å². The molecule has 1 heterocycles. The van der Waals surface area contributed by atoms with Gasteiger partial charge in [-0.15, -0.1) is 0 Å². The largest absolute Gasteiger partial charge is 0.493 e. The van der Waals surface area contributed by atoms with Gasteiger partial charge in [0.15, 0.2) is 11.5 Å². The quantitative estimate of drug-likeness (QED) is 0.801. The monoisotopic (exact) mass is 322 g/mol. The summed E-state index contributed by atoms with van der Waals surface area (Å²) in [6, 6.07) is 3.84. The summed E-state index contributed by atoms with van der Waals surface area (Å²) in [5, 5.41) is 0. The normalized spacial score (nSPS) is 13.2. The maximum atomic E-state index is 12.1. The number of primary amides is 1. The number of fused-ring (bicyclic) bond motifs is 1. The molecule has 7 nitrogen and oxygen atoms in total. The van der Waals surface area contributed by atoms with Crippen molar-refractivity contribution in [1.29, 1.82) is 0 Å². The Labute approximate surface area is 135 Å². The Balaban J connectivity index is 1.96. The number of methoxy groups -OCH3 is 2. The highest BCUT2D eigenvalue weighted by atomic mass is 16.6. The molecule has 7 heteroatoms. The number of ether oxygens (including phenoxy) is 3. The molecule has 1 aliphatic rings. The molecule has 0 saturated carbocycles. The lowest BCUT2D eigenvalue weighted by atomic mass is 9.99. The van der Waals surface area contributed by atoms with Crippen molar-refractivity contribution >= 4 is 12.0 Å². The van der Waals surface area contributed by atoms with Gasteiger partial charge in [-0.25, -0.2) is 4.79 Å². The van der Waals surface area contributed by atoms with E-state index < -0.39 is 5.91 Å². The molecule has 0 aromatic heterocycles. The Hall–Kier alpha value is -2.44. The first kappa shape index (κ1) is 16.9. The number of hydrogen-bond acceptors (Lipinski definition) is 5. The van der Waals surface area contributed by atoms with Gasteiger partial charge in [0.05, 0.1) is 20.8 Å². The smallest absolute Gasteiger partial charge is 0.410 e. The van der Waals surface area contributed by atoms with Crippen molar-refractivity contribution in [3.63, 3.8) is 0 Å². The topological polar surface area (TPSA) is 91.1 Å². The van der Waals surface area contributed by atoms with E-state index >= 15 is 0 Å². The van der Waals surface area contributed by atoms with Gasteiger partial charge >= 0.3 is 6.09 Å². The van der Waals surface area contributed by atoms with E-state index in [0.717, 1.165) is 17.5 Å². The zero-order valence-electron chi connectivity index (χ0n) is 13.5. The zero-order chi connectivity index (χ0) is 16.8. The van der Waals surface area contributed by atoms with Crippen LogP contribution in [0.25, 0.3) is 0 Å². The molecule has 0 fully saturated rings. The van der Waals surface area contributed by atoms with Crippen LogP contribution in [0.3, 0.4) is 0 Å². The Kier molecular flexibility index (Phi) is 5.67. The van der Waals surface area contributed by atoms with Crippen LogP contribution < -0.4 is 15.2 Å². The lowest BCUT2D eigenvalue weighted by Gasteiger charge is -2.29. The van der Waals surface area contributed by atoms with E-state index in [2.05, 4.69) is 0 Å². The SMILES string of the molecule is COc1cc2c(cc1OC)CN(C(=O)OCCCC(N)=O)CC2. The van der Waals surface area contributed by atoms with Crippen LogP contribution in [-0.4, -0.2) is 44.3 Å². The molecule has 2 N–H and O–H groups in total. The van der Waals surface area contributed by atoms with Gasteiger partial charge in [0, 0.05) is 19.5 Å². The summed E-state index contributed by atoms with van der Waals surface area (Å²) in [5.74, 6) is 0.936. The average Bonchev–Trinajstić information content (AvgIpc) is 2.56. The number of benzene rings is 1. The van der Waals surface area contributed by atoms with Gasteiger partial charge in [-0.2, -0.15) is 0 Å². The summed E-state index contributed by atoms with van der Waals surface area (Å²) in [4.78, 5) is 24.3. The summed E-state index contributed by atoms with van der Waals surface area (Å²) >= 11 is 0. The van der Waals surface area contributed by atoms with E-state index in [1.165, 1.54) is 0 Å². The Bertz CT molecular complexity index is 588. The highest BCUT2D eigenvalue weighted by Gasteiger charge is 2.23. The standard InChI is InChI=1S/C16H22N2O5/c1-21-13-8-11-5-6-18(10-12(11)9-14(13)22-2)16(20)23-7-3-4-15(17)19/h8-9H,3-7,10H2,1-2H3,(H2,17,19). The van der Waals surface area contributed by atoms with Gasteiger partial charge in [-0.05, 0) is 36.1 Å².